The van der Waals surface area contributed by atoms with Crippen molar-refractivity contribution in [2.75, 3.05) is 25.1 Å². The minimum Gasteiger partial charge on any atom is -0.468 e. The van der Waals surface area contributed by atoms with Gasteiger partial charge in [0.2, 0.25) is 0 Å². The lowest BCUT2D eigenvalue weighted by Gasteiger charge is -2.20. The van der Waals surface area contributed by atoms with E-state index in [0.717, 1.165) is 30.1 Å². The normalized spacial score (nSPS) is 11.7. The number of nitrogens with zero attached hydrogens (tertiary/aromatic N) is 3. The number of anilines is 1. The number of hydrogen-bond acceptors (Lipinski definition) is 5. The number of aromatic nitrogens is 1. The predicted molar refractivity (Wildman–Crippen MR) is 112 cm³/mol. The van der Waals surface area contributed by atoms with Crippen LogP contribution in [0.1, 0.15) is 24.2 Å². The Bertz CT molecular complexity index is 1100. The molecule has 0 aliphatic rings. The molecule has 3 aromatic rings. The van der Waals surface area contributed by atoms with Crippen molar-refractivity contribution in [2.45, 2.75) is 20.4 Å². The zero-order chi connectivity index (χ0) is 21.0. The lowest BCUT2D eigenvalue weighted by molar-refractivity contribution is -0.141. The Labute approximate surface area is 171 Å². The summed E-state index contributed by atoms with van der Waals surface area (Å²) < 4.78 is 20.5. The SMILES string of the molecule is CCN(CC)c1ccc(C(=O)N=c2sc3cc(F)ccc3n2CC(=O)OC)cc1. The van der Waals surface area contributed by atoms with Crippen LogP contribution in [0.5, 0.6) is 0 Å². The standard InChI is InChI=1S/C21H22FN3O3S/c1-4-24(5-2)16-9-6-14(7-10-16)20(27)23-21-25(13-19(26)28-3)17-11-8-15(22)12-18(17)29-21/h6-12H,4-5,13H2,1-3H3. The van der Waals surface area contributed by atoms with E-state index in [-0.39, 0.29) is 6.54 Å². The lowest BCUT2D eigenvalue weighted by atomic mass is 10.2. The zero-order valence-corrected chi connectivity index (χ0v) is 17.3. The third kappa shape index (κ3) is 4.54. The average molecular weight is 415 g/mol. The number of hydrogen-bond donors (Lipinski definition) is 0. The first kappa shape index (κ1) is 20.7. The number of rotatable bonds is 6. The smallest absolute Gasteiger partial charge is 0.325 e. The Morgan fingerprint density at radius 1 is 1.14 bits per heavy atom. The van der Waals surface area contributed by atoms with Crippen LogP contribution < -0.4 is 9.70 Å². The molecule has 1 heterocycles. The van der Waals surface area contributed by atoms with Gasteiger partial charge >= 0.3 is 5.97 Å². The molecule has 0 saturated carbocycles. The van der Waals surface area contributed by atoms with Gasteiger partial charge in [-0.05, 0) is 56.3 Å². The maximum Gasteiger partial charge on any atom is 0.325 e. The van der Waals surface area contributed by atoms with Gasteiger partial charge in [-0.2, -0.15) is 4.99 Å². The predicted octanol–water partition coefficient (Wildman–Crippen LogP) is 3.60. The van der Waals surface area contributed by atoms with Gasteiger partial charge in [0.15, 0.2) is 4.80 Å². The minimum absolute atomic E-state index is 0.116. The highest BCUT2D eigenvalue weighted by molar-refractivity contribution is 7.16. The van der Waals surface area contributed by atoms with Crippen LogP contribution >= 0.6 is 11.3 Å². The van der Waals surface area contributed by atoms with Gasteiger partial charge in [-0.25, -0.2) is 4.39 Å². The van der Waals surface area contributed by atoms with E-state index in [4.69, 9.17) is 4.74 Å². The number of methoxy groups -OCH3 is 1. The molecule has 0 unspecified atom stereocenters. The van der Waals surface area contributed by atoms with Crippen molar-refractivity contribution in [1.82, 2.24) is 4.57 Å². The number of thiazole rings is 1. The van der Waals surface area contributed by atoms with E-state index in [1.165, 1.54) is 19.2 Å². The third-order valence-electron chi connectivity index (χ3n) is 4.60. The summed E-state index contributed by atoms with van der Waals surface area (Å²) in [5.41, 5.74) is 2.09. The molecule has 1 aromatic heterocycles. The second-order valence-corrected chi connectivity index (χ2v) is 7.30. The molecular formula is C21H22FN3O3S. The van der Waals surface area contributed by atoms with Crippen molar-refractivity contribution < 1.29 is 18.7 Å². The van der Waals surface area contributed by atoms with Crippen molar-refractivity contribution in [1.29, 1.82) is 0 Å². The molecule has 3 rings (SSSR count). The molecule has 0 aliphatic carbocycles. The summed E-state index contributed by atoms with van der Waals surface area (Å²) in [5, 5.41) is 0. The molecular weight excluding hydrogens is 393 g/mol. The van der Waals surface area contributed by atoms with Gasteiger partial charge in [0.05, 0.1) is 17.3 Å². The molecule has 2 aromatic carbocycles. The quantitative estimate of drug-likeness (QED) is 0.577. The Balaban J connectivity index is 2.01. The summed E-state index contributed by atoms with van der Waals surface area (Å²) in [5.74, 6) is -1.30. The molecule has 1 amide bonds. The fourth-order valence-electron chi connectivity index (χ4n) is 3.03. The van der Waals surface area contributed by atoms with E-state index in [0.29, 0.717) is 20.6 Å². The van der Waals surface area contributed by atoms with E-state index in [1.807, 2.05) is 12.1 Å². The molecule has 6 nitrogen and oxygen atoms in total. The summed E-state index contributed by atoms with van der Waals surface area (Å²) in [6.45, 7) is 5.78. The number of amides is 1. The van der Waals surface area contributed by atoms with Gasteiger partial charge in [-0.3, -0.25) is 9.59 Å². The summed E-state index contributed by atoms with van der Waals surface area (Å²) in [6.07, 6.45) is 0. The summed E-state index contributed by atoms with van der Waals surface area (Å²) >= 11 is 1.15. The van der Waals surface area contributed by atoms with Crippen LogP contribution in [0.15, 0.2) is 47.5 Å². The maximum atomic E-state index is 13.6. The number of carbonyl (C=O) groups excluding carboxylic acids is 2. The van der Waals surface area contributed by atoms with Crippen LogP contribution in [0.4, 0.5) is 10.1 Å². The van der Waals surface area contributed by atoms with Crippen LogP contribution in [0.2, 0.25) is 0 Å². The number of fused-ring (bicyclic) bond motifs is 1. The maximum absolute atomic E-state index is 13.6. The Kier molecular flexibility index (Phi) is 6.43. The molecule has 0 radical (unpaired) electrons. The molecule has 8 heteroatoms. The van der Waals surface area contributed by atoms with Gasteiger partial charge < -0.3 is 14.2 Å². The molecule has 0 spiro atoms. The molecule has 0 fully saturated rings. The summed E-state index contributed by atoms with van der Waals surface area (Å²) in [7, 11) is 1.29. The van der Waals surface area contributed by atoms with Crippen LogP contribution in [0, 0.1) is 5.82 Å². The van der Waals surface area contributed by atoms with Crippen LogP contribution in [0.25, 0.3) is 10.2 Å². The largest absolute Gasteiger partial charge is 0.468 e. The first-order chi connectivity index (χ1) is 14.0. The zero-order valence-electron chi connectivity index (χ0n) is 16.5. The van der Waals surface area contributed by atoms with Gasteiger partial charge in [-0.15, -0.1) is 0 Å². The molecule has 0 saturated heterocycles. The van der Waals surface area contributed by atoms with E-state index >= 15 is 0 Å². The third-order valence-corrected chi connectivity index (χ3v) is 5.64. The number of carbonyl (C=O) groups is 2. The highest BCUT2D eigenvalue weighted by Gasteiger charge is 2.13. The number of benzene rings is 2. The Hall–Kier alpha value is -3.00. The van der Waals surface area contributed by atoms with Crippen LogP contribution in [0.3, 0.4) is 0 Å². The van der Waals surface area contributed by atoms with Crippen molar-refractivity contribution in [3.05, 3.63) is 58.6 Å². The fourth-order valence-corrected chi connectivity index (χ4v) is 4.09. The van der Waals surface area contributed by atoms with E-state index in [2.05, 4.69) is 23.7 Å². The highest BCUT2D eigenvalue weighted by Crippen LogP contribution is 2.19. The number of halogens is 1. The van der Waals surface area contributed by atoms with Crippen molar-refractivity contribution in [3.63, 3.8) is 0 Å². The van der Waals surface area contributed by atoms with Gasteiger partial charge in [0.1, 0.15) is 12.4 Å². The average Bonchev–Trinajstić information content (AvgIpc) is 3.05. The first-order valence-electron chi connectivity index (χ1n) is 9.26. The molecule has 0 atom stereocenters. The fraction of sp³-hybridized carbons (Fsp3) is 0.286. The molecule has 152 valence electrons. The Morgan fingerprint density at radius 2 is 1.83 bits per heavy atom. The van der Waals surface area contributed by atoms with Crippen molar-refractivity contribution in [3.8, 4) is 0 Å². The van der Waals surface area contributed by atoms with E-state index < -0.39 is 17.7 Å². The second kappa shape index (κ2) is 9.00. The van der Waals surface area contributed by atoms with Crippen LogP contribution in [-0.2, 0) is 16.1 Å². The molecule has 0 bridgehead atoms. The van der Waals surface area contributed by atoms with Crippen LogP contribution in [-0.4, -0.2) is 36.6 Å². The van der Waals surface area contributed by atoms with Gasteiger partial charge in [-0.1, -0.05) is 11.3 Å². The first-order valence-corrected chi connectivity index (χ1v) is 10.1. The van der Waals surface area contributed by atoms with E-state index in [9.17, 15) is 14.0 Å². The Morgan fingerprint density at radius 3 is 2.45 bits per heavy atom. The summed E-state index contributed by atoms with van der Waals surface area (Å²) in [6, 6.07) is 11.5. The lowest BCUT2D eigenvalue weighted by Crippen LogP contribution is -2.22. The highest BCUT2D eigenvalue weighted by atomic mass is 32.1. The summed E-state index contributed by atoms with van der Waals surface area (Å²) in [4.78, 5) is 31.2. The van der Waals surface area contributed by atoms with Crippen molar-refractivity contribution >= 4 is 39.1 Å². The topological polar surface area (TPSA) is 63.9 Å². The minimum atomic E-state index is -0.480. The molecule has 0 N–H and O–H groups in total. The van der Waals surface area contributed by atoms with E-state index in [1.54, 1.807) is 22.8 Å². The van der Waals surface area contributed by atoms with Gasteiger partial charge in [0, 0.05) is 24.3 Å². The van der Waals surface area contributed by atoms with Crippen molar-refractivity contribution in [2.24, 2.45) is 4.99 Å². The molecule has 0 aliphatic heterocycles. The van der Waals surface area contributed by atoms with Gasteiger partial charge in [0.25, 0.3) is 5.91 Å². The molecule has 29 heavy (non-hydrogen) atoms. The number of esters is 1. The number of ether oxygens (including phenoxy) is 1. The second-order valence-electron chi connectivity index (χ2n) is 6.30. The monoisotopic (exact) mass is 415 g/mol.